The highest BCUT2D eigenvalue weighted by Crippen LogP contribution is 2.30. The Hall–Kier alpha value is -4.12. The van der Waals surface area contributed by atoms with Crippen molar-refractivity contribution in [3.8, 4) is 11.5 Å². The van der Waals surface area contributed by atoms with Gasteiger partial charge in [-0.05, 0) is 62.3 Å². The van der Waals surface area contributed by atoms with E-state index in [1.54, 1.807) is 19.1 Å². The third kappa shape index (κ3) is 8.75. The Kier molecular flexibility index (Phi) is 10.9. The molecule has 4 N–H and O–H groups in total. The molecule has 45 heavy (non-hydrogen) atoms. The van der Waals surface area contributed by atoms with E-state index in [9.17, 15) is 19.8 Å². The van der Waals surface area contributed by atoms with Crippen LogP contribution in [0.2, 0.25) is 0 Å². The number of aliphatic hydroxyl groups excluding tert-OH is 1. The summed E-state index contributed by atoms with van der Waals surface area (Å²) in [7, 11) is 0. The largest absolute Gasteiger partial charge is 0.508 e. The van der Waals surface area contributed by atoms with Crippen LogP contribution in [-0.2, 0) is 31.8 Å². The Balaban J connectivity index is 1.27. The van der Waals surface area contributed by atoms with Gasteiger partial charge in [0.15, 0.2) is 12.7 Å². The molecule has 2 heterocycles. The second-order valence-corrected chi connectivity index (χ2v) is 11.8. The van der Waals surface area contributed by atoms with Crippen LogP contribution >= 0.6 is 0 Å². The number of aryl methyl sites for hydroxylation is 1. The molecule has 0 aromatic heterocycles. The predicted molar refractivity (Wildman–Crippen MR) is 167 cm³/mol. The summed E-state index contributed by atoms with van der Waals surface area (Å²) in [6.07, 6.45) is -0.823. The molecule has 240 valence electrons. The summed E-state index contributed by atoms with van der Waals surface area (Å²) in [5.74, 6) is 0.176. The molecule has 3 aromatic rings. The molecule has 0 spiro atoms. The number of amides is 2. The molecule has 2 amide bonds. The van der Waals surface area contributed by atoms with Crippen LogP contribution in [0.5, 0.6) is 11.5 Å². The number of carbonyl (C=O) groups excluding carboxylic acids is 2. The van der Waals surface area contributed by atoms with Crippen molar-refractivity contribution in [2.45, 2.75) is 76.0 Å². The van der Waals surface area contributed by atoms with Crippen LogP contribution in [0.4, 0.5) is 4.79 Å². The van der Waals surface area contributed by atoms with E-state index in [2.05, 4.69) is 10.6 Å². The lowest BCUT2D eigenvalue weighted by Crippen LogP contribution is -2.50. The molecule has 10 nitrogen and oxygen atoms in total. The summed E-state index contributed by atoms with van der Waals surface area (Å²) in [4.78, 5) is 26.2. The first kappa shape index (κ1) is 32.3. The van der Waals surface area contributed by atoms with Crippen molar-refractivity contribution in [3.63, 3.8) is 0 Å². The fourth-order valence-electron chi connectivity index (χ4n) is 6.00. The number of hydrogen-bond acceptors (Lipinski definition) is 8. The maximum atomic E-state index is 13.1. The summed E-state index contributed by atoms with van der Waals surface area (Å²) >= 11 is 0. The van der Waals surface area contributed by atoms with Gasteiger partial charge in [0.1, 0.15) is 17.6 Å². The van der Waals surface area contributed by atoms with E-state index < -0.39 is 30.4 Å². The zero-order valence-electron chi connectivity index (χ0n) is 25.7. The van der Waals surface area contributed by atoms with Gasteiger partial charge < -0.3 is 39.8 Å². The maximum Gasteiger partial charge on any atom is 0.407 e. The SMILES string of the molecule is Cc1ccc(O)c(C)c1OCC(=O)N[C@@H](Cc1ccccc1)C[C@H](O)[C@H](Cc1ccccc1)NC(=O)O[C@@H]1CO[C@@H]2CCO[C@@H]21. The number of ether oxygens (including phenoxy) is 4. The van der Waals surface area contributed by atoms with Crippen LogP contribution in [0, 0.1) is 13.8 Å². The lowest BCUT2D eigenvalue weighted by Gasteiger charge is -2.29. The Morgan fingerprint density at radius 1 is 0.933 bits per heavy atom. The van der Waals surface area contributed by atoms with Gasteiger partial charge in [0.2, 0.25) is 0 Å². The van der Waals surface area contributed by atoms with Gasteiger partial charge in [-0.1, -0.05) is 66.7 Å². The molecule has 0 aliphatic carbocycles. The van der Waals surface area contributed by atoms with Crippen molar-refractivity contribution in [1.82, 2.24) is 10.6 Å². The highest BCUT2D eigenvalue weighted by molar-refractivity contribution is 5.78. The fraction of sp³-hybridized carbons (Fsp3) is 0.429. The van der Waals surface area contributed by atoms with Crippen molar-refractivity contribution >= 4 is 12.0 Å². The van der Waals surface area contributed by atoms with Gasteiger partial charge >= 0.3 is 6.09 Å². The molecule has 3 aromatic carbocycles. The molecule has 0 radical (unpaired) electrons. The first-order valence-corrected chi connectivity index (χ1v) is 15.4. The van der Waals surface area contributed by atoms with Gasteiger partial charge in [-0.3, -0.25) is 4.79 Å². The van der Waals surface area contributed by atoms with Crippen molar-refractivity contribution < 1.29 is 38.7 Å². The molecule has 0 saturated carbocycles. The minimum absolute atomic E-state index is 0.0692. The Labute approximate surface area is 263 Å². The zero-order valence-corrected chi connectivity index (χ0v) is 25.7. The van der Waals surface area contributed by atoms with Crippen LogP contribution in [0.1, 0.15) is 35.1 Å². The Morgan fingerprint density at radius 3 is 2.33 bits per heavy atom. The number of carbonyl (C=O) groups is 2. The molecule has 0 bridgehead atoms. The van der Waals surface area contributed by atoms with Crippen molar-refractivity contribution in [2.75, 3.05) is 19.8 Å². The van der Waals surface area contributed by atoms with Gasteiger partial charge in [-0.25, -0.2) is 4.79 Å². The number of phenols is 1. The summed E-state index contributed by atoms with van der Waals surface area (Å²) < 4.78 is 22.9. The van der Waals surface area contributed by atoms with E-state index in [4.69, 9.17) is 18.9 Å². The van der Waals surface area contributed by atoms with Crippen LogP contribution in [-0.4, -0.2) is 78.5 Å². The fourth-order valence-corrected chi connectivity index (χ4v) is 6.00. The highest BCUT2D eigenvalue weighted by atomic mass is 16.6. The molecular weight excluding hydrogens is 576 g/mol. The Morgan fingerprint density at radius 2 is 1.62 bits per heavy atom. The summed E-state index contributed by atoms with van der Waals surface area (Å²) in [6, 6.07) is 21.4. The van der Waals surface area contributed by atoms with E-state index in [1.807, 2.05) is 67.6 Å². The van der Waals surface area contributed by atoms with E-state index in [-0.39, 0.29) is 43.5 Å². The number of nitrogens with one attached hydrogen (secondary N) is 2. The van der Waals surface area contributed by atoms with Crippen LogP contribution in [0.25, 0.3) is 0 Å². The molecular formula is C35H42N2O8. The quantitative estimate of drug-likeness (QED) is 0.228. The smallest absolute Gasteiger partial charge is 0.407 e. The molecule has 2 aliphatic rings. The van der Waals surface area contributed by atoms with Gasteiger partial charge in [-0.2, -0.15) is 0 Å². The lowest BCUT2D eigenvalue weighted by atomic mass is 9.93. The minimum atomic E-state index is -1.03. The Bertz CT molecular complexity index is 1420. The zero-order chi connectivity index (χ0) is 31.8. The number of benzene rings is 3. The number of alkyl carbamates (subject to hydrolysis) is 1. The number of phenolic OH excluding ortho intramolecular Hbond substituents is 1. The number of aliphatic hydroxyl groups is 1. The standard InChI is InChI=1S/C35H42N2O8/c1-22-13-14-28(38)23(2)33(22)44-21-32(40)36-26(17-24-9-5-3-6-10-24)19-29(39)27(18-25-11-7-4-8-12-25)37-35(41)45-31-20-43-30-15-16-42-34(30)31/h3-14,26-27,29-31,34,38-39H,15-21H2,1-2H3,(H,36,40)(H,37,41)/t26-,27-,29-,30+,31+,34-/m0/s1. The van der Waals surface area contributed by atoms with Gasteiger partial charge in [0, 0.05) is 18.2 Å². The monoisotopic (exact) mass is 618 g/mol. The average Bonchev–Trinajstić information content (AvgIpc) is 3.65. The normalized spacial score (nSPS) is 20.9. The molecule has 2 fully saturated rings. The number of rotatable bonds is 13. The second-order valence-electron chi connectivity index (χ2n) is 11.8. The van der Waals surface area contributed by atoms with Gasteiger partial charge in [0.05, 0.1) is 24.9 Å². The third-order valence-electron chi connectivity index (χ3n) is 8.38. The minimum Gasteiger partial charge on any atom is -0.508 e. The second kappa shape index (κ2) is 15.2. The molecule has 6 atom stereocenters. The molecule has 5 rings (SSSR count). The van der Waals surface area contributed by atoms with E-state index in [0.29, 0.717) is 30.8 Å². The molecule has 10 heteroatoms. The van der Waals surface area contributed by atoms with Crippen LogP contribution in [0.15, 0.2) is 72.8 Å². The predicted octanol–water partition coefficient (Wildman–Crippen LogP) is 3.76. The molecule has 2 aliphatic heterocycles. The molecule has 0 unspecified atom stereocenters. The first-order valence-electron chi connectivity index (χ1n) is 15.4. The maximum absolute atomic E-state index is 13.1. The number of aromatic hydroxyl groups is 1. The third-order valence-corrected chi connectivity index (χ3v) is 8.38. The van der Waals surface area contributed by atoms with Gasteiger partial charge in [-0.15, -0.1) is 0 Å². The first-order chi connectivity index (χ1) is 21.8. The average molecular weight is 619 g/mol. The van der Waals surface area contributed by atoms with Crippen LogP contribution in [0.3, 0.4) is 0 Å². The van der Waals surface area contributed by atoms with E-state index >= 15 is 0 Å². The van der Waals surface area contributed by atoms with E-state index in [1.165, 1.54) is 0 Å². The summed E-state index contributed by atoms with van der Waals surface area (Å²) in [5, 5.41) is 27.5. The molecule has 2 saturated heterocycles. The topological polar surface area (TPSA) is 136 Å². The van der Waals surface area contributed by atoms with Crippen molar-refractivity contribution in [2.24, 2.45) is 0 Å². The highest BCUT2D eigenvalue weighted by Gasteiger charge is 2.44. The van der Waals surface area contributed by atoms with Crippen molar-refractivity contribution in [1.29, 1.82) is 0 Å². The van der Waals surface area contributed by atoms with Gasteiger partial charge in [0.25, 0.3) is 5.91 Å². The van der Waals surface area contributed by atoms with E-state index in [0.717, 1.165) is 23.1 Å². The number of fused-ring (bicyclic) bond motifs is 1. The number of hydrogen-bond donors (Lipinski definition) is 4. The summed E-state index contributed by atoms with van der Waals surface area (Å²) in [6.45, 7) is 4.15. The van der Waals surface area contributed by atoms with Crippen LogP contribution < -0.4 is 15.4 Å². The lowest BCUT2D eigenvalue weighted by molar-refractivity contribution is -0.124. The summed E-state index contributed by atoms with van der Waals surface area (Å²) in [5.41, 5.74) is 3.27. The van der Waals surface area contributed by atoms with Crippen molar-refractivity contribution in [3.05, 3.63) is 95.1 Å².